The third-order valence-electron chi connectivity index (χ3n) is 2.53. The van der Waals surface area contributed by atoms with E-state index < -0.39 is 10.0 Å². The Morgan fingerprint density at radius 3 is 2.44 bits per heavy atom. The lowest BCUT2D eigenvalue weighted by Crippen LogP contribution is -2.43. The van der Waals surface area contributed by atoms with Gasteiger partial charge in [0.05, 0.1) is 5.75 Å². The van der Waals surface area contributed by atoms with Crippen LogP contribution in [-0.2, 0) is 10.0 Å². The van der Waals surface area contributed by atoms with Gasteiger partial charge in [-0.05, 0) is 25.7 Å². The van der Waals surface area contributed by atoms with Crippen molar-refractivity contribution in [1.82, 2.24) is 10.2 Å². The standard InChI is InChI=1S/C9H19N3O3S/c10-16(14,15)8-4-5-11-9(13)12-6-2-1-3-7-12/h1-8H2,(H,11,13)(H2,10,14,15). The Labute approximate surface area is 96.2 Å². The highest BCUT2D eigenvalue weighted by atomic mass is 32.2. The second-order valence-corrected chi connectivity index (χ2v) is 5.73. The van der Waals surface area contributed by atoms with Crippen LogP contribution in [0.1, 0.15) is 25.7 Å². The van der Waals surface area contributed by atoms with Crippen LogP contribution in [0, 0.1) is 0 Å². The quantitative estimate of drug-likeness (QED) is 0.679. The van der Waals surface area contributed by atoms with E-state index in [1.807, 2.05) is 0 Å². The highest BCUT2D eigenvalue weighted by Gasteiger charge is 2.15. The number of carbonyl (C=O) groups is 1. The Bertz CT molecular complexity index is 323. The van der Waals surface area contributed by atoms with Crippen molar-refractivity contribution in [3.05, 3.63) is 0 Å². The molecule has 1 rings (SSSR count). The zero-order valence-electron chi connectivity index (χ0n) is 9.31. The van der Waals surface area contributed by atoms with Gasteiger partial charge in [-0.1, -0.05) is 0 Å². The van der Waals surface area contributed by atoms with Crippen LogP contribution in [0.4, 0.5) is 4.79 Å². The van der Waals surface area contributed by atoms with Gasteiger partial charge in [0, 0.05) is 19.6 Å². The summed E-state index contributed by atoms with van der Waals surface area (Å²) in [6.07, 6.45) is 3.63. The third kappa shape index (κ3) is 5.32. The lowest BCUT2D eigenvalue weighted by molar-refractivity contribution is 0.186. The predicted octanol–water partition coefficient (Wildman–Crippen LogP) is -0.139. The van der Waals surface area contributed by atoms with Crippen molar-refractivity contribution in [3.63, 3.8) is 0 Å². The first kappa shape index (κ1) is 13.2. The summed E-state index contributed by atoms with van der Waals surface area (Å²) in [5.74, 6) is -0.0900. The molecule has 0 saturated carbocycles. The molecule has 0 aromatic carbocycles. The first-order valence-electron chi connectivity index (χ1n) is 5.52. The summed E-state index contributed by atoms with van der Waals surface area (Å²) in [4.78, 5) is 13.3. The van der Waals surface area contributed by atoms with Crippen LogP contribution in [0.5, 0.6) is 0 Å². The summed E-state index contributed by atoms with van der Waals surface area (Å²) in [5, 5.41) is 7.54. The minimum atomic E-state index is -3.41. The maximum atomic E-state index is 11.6. The Morgan fingerprint density at radius 1 is 1.25 bits per heavy atom. The summed E-state index contributed by atoms with van der Waals surface area (Å²) >= 11 is 0. The highest BCUT2D eigenvalue weighted by molar-refractivity contribution is 7.89. The van der Waals surface area contributed by atoms with Gasteiger partial charge >= 0.3 is 6.03 Å². The second kappa shape index (κ2) is 6.05. The molecule has 0 unspecified atom stereocenters. The Kier molecular flexibility index (Phi) is 5.01. The number of nitrogens with zero attached hydrogens (tertiary/aromatic N) is 1. The number of carbonyl (C=O) groups excluding carboxylic acids is 1. The van der Waals surface area contributed by atoms with Crippen molar-refractivity contribution in [1.29, 1.82) is 0 Å². The average molecular weight is 249 g/mol. The van der Waals surface area contributed by atoms with Gasteiger partial charge < -0.3 is 10.2 Å². The smallest absolute Gasteiger partial charge is 0.317 e. The summed E-state index contributed by atoms with van der Waals surface area (Å²) in [5.41, 5.74) is 0. The number of nitrogens with one attached hydrogen (secondary N) is 1. The van der Waals surface area contributed by atoms with Gasteiger partial charge in [-0.3, -0.25) is 0 Å². The SMILES string of the molecule is NS(=O)(=O)CCCNC(=O)N1CCCCC1. The lowest BCUT2D eigenvalue weighted by atomic mass is 10.1. The van der Waals surface area contributed by atoms with Gasteiger partial charge in [-0.2, -0.15) is 0 Å². The van der Waals surface area contributed by atoms with Gasteiger partial charge in [0.25, 0.3) is 0 Å². The molecule has 94 valence electrons. The summed E-state index contributed by atoms with van der Waals surface area (Å²) in [6, 6.07) is -0.103. The zero-order chi connectivity index (χ0) is 12.0. The number of hydrogen-bond donors (Lipinski definition) is 2. The van der Waals surface area contributed by atoms with Crippen molar-refractivity contribution in [2.24, 2.45) is 5.14 Å². The van der Waals surface area contributed by atoms with E-state index >= 15 is 0 Å². The Morgan fingerprint density at radius 2 is 1.88 bits per heavy atom. The monoisotopic (exact) mass is 249 g/mol. The lowest BCUT2D eigenvalue weighted by Gasteiger charge is -2.26. The number of hydrogen-bond acceptors (Lipinski definition) is 3. The molecule has 0 aromatic heterocycles. The van der Waals surface area contributed by atoms with Gasteiger partial charge in [-0.15, -0.1) is 0 Å². The Balaban J connectivity index is 2.14. The highest BCUT2D eigenvalue weighted by Crippen LogP contribution is 2.08. The van der Waals surface area contributed by atoms with E-state index in [-0.39, 0.29) is 11.8 Å². The van der Waals surface area contributed by atoms with Crippen molar-refractivity contribution in [3.8, 4) is 0 Å². The zero-order valence-corrected chi connectivity index (χ0v) is 10.1. The number of nitrogens with two attached hydrogens (primary N) is 1. The number of likely N-dealkylation sites (tertiary alicyclic amines) is 1. The first-order valence-corrected chi connectivity index (χ1v) is 7.24. The molecule has 0 spiro atoms. The summed E-state index contributed by atoms with van der Waals surface area (Å²) < 4.78 is 21.3. The molecule has 0 aromatic rings. The number of primary sulfonamides is 1. The molecule has 0 bridgehead atoms. The summed E-state index contributed by atoms with van der Waals surface area (Å²) in [7, 11) is -3.41. The van der Waals surface area contributed by atoms with Crippen LogP contribution >= 0.6 is 0 Å². The van der Waals surface area contributed by atoms with Crippen molar-refractivity contribution in [2.75, 3.05) is 25.4 Å². The first-order chi connectivity index (χ1) is 7.49. The van der Waals surface area contributed by atoms with Crippen LogP contribution < -0.4 is 10.5 Å². The minimum absolute atomic E-state index is 0.0900. The number of amides is 2. The minimum Gasteiger partial charge on any atom is -0.338 e. The molecule has 0 radical (unpaired) electrons. The van der Waals surface area contributed by atoms with Crippen LogP contribution in [0.3, 0.4) is 0 Å². The molecule has 0 atom stereocenters. The molecule has 7 heteroatoms. The van der Waals surface area contributed by atoms with E-state index in [1.54, 1.807) is 4.90 Å². The molecule has 3 N–H and O–H groups in total. The molecule has 1 saturated heterocycles. The molecule has 1 heterocycles. The molecule has 16 heavy (non-hydrogen) atoms. The van der Waals surface area contributed by atoms with Crippen molar-refractivity contribution in [2.45, 2.75) is 25.7 Å². The van der Waals surface area contributed by atoms with Gasteiger partial charge in [-0.25, -0.2) is 18.4 Å². The average Bonchev–Trinajstić information content (AvgIpc) is 2.24. The fraction of sp³-hybridized carbons (Fsp3) is 0.889. The predicted molar refractivity (Wildman–Crippen MR) is 61.4 cm³/mol. The van der Waals surface area contributed by atoms with Crippen molar-refractivity contribution >= 4 is 16.1 Å². The largest absolute Gasteiger partial charge is 0.338 e. The fourth-order valence-electron chi connectivity index (χ4n) is 1.68. The van der Waals surface area contributed by atoms with E-state index in [4.69, 9.17) is 5.14 Å². The van der Waals surface area contributed by atoms with Gasteiger partial charge in [0.1, 0.15) is 0 Å². The summed E-state index contributed by atoms with van der Waals surface area (Å²) in [6.45, 7) is 1.94. The third-order valence-corrected chi connectivity index (χ3v) is 3.38. The second-order valence-electron chi connectivity index (χ2n) is 4.00. The molecule has 1 aliphatic heterocycles. The number of piperidine rings is 1. The van der Waals surface area contributed by atoms with Gasteiger partial charge in [0.2, 0.25) is 10.0 Å². The topological polar surface area (TPSA) is 92.5 Å². The molecule has 2 amide bonds. The maximum absolute atomic E-state index is 11.6. The number of rotatable bonds is 4. The van der Waals surface area contributed by atoms with E-state index in [9.17, 15) is 13.2 Å². The normalized spacial score (nSPS) is 17.2. The van der Waals surface area contributed by atoms with Crippen LogP contribution in [0.15, 0.2) is 0 Å². The molecular weight excluding hydrogens is 230 g/mol. The maximum Gasteiger partial charge on any atom is 0.317 e. The van der Waals surface area contributed by atoms with Crippen molar-refractivity contribution < 1.29 is 13.2 Å². The molecular formula is C9H19N3O3S. The van der Waals surface area contributed by atoms with Crippen LogP contribution in [-0.4, -0.2) is 44.7 Å². The number of sulfonamides is 1. The van der Waals surface area contributed by atoms with E-state index in [0.717, 1.165) is 25.9 Å². The molecule has 1 fully saturated rings. The van der Waals surface area contributed by atoms with E-state index in [0.29, 0.717) is 13.0 Å². The van der Waals surface area contributed by atoms with E-state index in [1.165, 1.54) is 6.42 Å². The molecule has 0 aliphatic carbocycles. The van der Waals surface area contributed by atoms with Crippen LogP contribution in [0.2, 0.25) is 0 Å². The Hall–Kier alpha value is -0.820. The molecule has 6 nitrogen and oxygen atoms in total. The molecule has 1 aliphatic rings. The number of urea groups is 1. The van der Waals surface area contributed by atoms with E-state index in [2.05, 4.69) is 5.32 Å². The van der Waals surface area contributed by atoms with Crippen LogP contribution in [0.25, 0.3) is 0 Å². The van der Waals surface area contributed by atoms with Gasteiger partial charge in [0.15, 0.2) is 0 Å². The fourth-order valence-corrected chi connectivity index (χ4v) is 2.22.